The van der Waals surface area contributed by atoms with Crippen LogP contribution in [0.15, 0.2) is 53.4 Å². The number of esters is 1. The number of rotatable bonds is 6. The van der Waals surface area contributed by atoms with Gasteiger partial charge in [0.05, 0.1) is 12.7 Å². The van der Waals surface area contributed by atoms with Crippen LogP contribution in [0.25, 0.3) is 0 Å². The molecule has 0 aliphatic carbocycles. The van der Waals surface area contributed by atoms with Crippen LogP contribution in [0.4, 0.5) is 5.69 Å². The van der Waals surface area contributed by atoms with Crippen molar-refractivity contribution < 1.29 is 9.53 Å². The Morgan fingerprint density at radius 3 is 2.67 bits per heavy atom. The summed E-state index contributed by atoms with van der Waals surface area (Å²) in [5, 5.41) is 6.84. The number of thioether (sulfide) groups is 1. The van der Waals surface area contributed by atoms with Crippen LogP contribution in [0.2, 0.25) is 0 Å². The van der Waals surface area contributed by atoms with Gasteiger partial charge in [-0.25, -0.2) is 4.79 Å². The highest BCUT2D eigenvalue weighted by Gasteiger charge is 2.08. The van der Waals surface area contributed by atoms with Crippen molar-refractivity contribution in [2.45, 2.75) is 11.8 Å². The van der Waals surface area contributed by atoms with E-state index in [0.29, 0.717) is 10.7 Å². The zero-order chi connectivity index (χ0) is 17.4. The molecule has 0 aliphatic rings. The molecule has 0 fully saturated rings. The van der Waals surface area contributed by atoms with Gasteiger partial charge in [0.1, 0.15) is 0 Å². The molecule has 2 aromatic rings. The first-order valence-electron chi connectivity index (χ1n) is 7.52. The molecule has 0 saturated carbocycles. The summed E-state index contributed by atoms with van der Waals surface area (Å²) in [4.78, 5) is 12.8. The number of benzene rings is 2. The molecule has 6 heteroatoms. The Kier molecular flexibility index (Phi) is 7.08. The van der Waals surface area contributed by atoms with E-state index in [9.17, 15) is 4.79 Å². The molecule has 0 spiro atoms. The van der Waals surface area contributed by atoms with E-state index >= 15 is 0 Å². The molecule has 4 nitrogen and oxygen atoms in total. The SMILES string of the molecule is COC(=O)c1ccc(C)c(NC(=S)NCCSc2ccccc2)c1. The van der Waals surface area contributed by atoms with Crippen LogP contribution in [0.5, 0.6) is 0 Å². The number of carbonyl (C=O) groups is 1. The number of methoxy groups -OCH3 is 1. The van der Waals surface area contributed by atoms with Crippen molar-refractivity contribution in [2.75, 3.05) is 24.7 Å². The van der Waals surface area contributed by atoms with Crippen LogP contribution in [-0.4, -0.2) is 30.5 Å². The molecule has 2 N–H and O–H groups in total. The predicted molar refractivity (Wildman–Crippen MR) is 104 cm³/mol. The van der Waals surface area contributed by atoms with Gasteiger partial charge in [-0.3, -0.25) is 0 Å². The average Bonchev–Trinajstić information content (AvgIpc) is 2.61. The highest BCUT2D eigenvalue weighted by atomic mass is 32.2. The summed E-state index contributed by atoms with van der Waals surface area (Å²) in [5.41, 5.74) is 2.30. The second kappa shape index (κ2) is 9.30. The predicted octanol–water partition coefficient (Wildman–Crippen LogP) is 3.86. The maximum absolute atomic E-state index is 11.6. The van der Waals surface area contributed by atoms with Gasteiger partial charge < -0.3 is 15.4 Å². The fraction of sp³-hybridized carbons (Fsp3) is 0.222. The second-order valence-electron chi connectivity index (χ2n) is 5.06. The molecular weight excluding hydrogens is 340 g/mol. The Hall–Kier alpha value is -2.05. The van der Waals surface area contributed by atoms with Crippen molar-refractivity contribution >= 4 is 40.7 Å². The van der Waals surface area contributed by atoms with E-state index in [1.165, 1.54) is 12.0 Å². The third kappa shape index (κ3) is 5.54. The molecular formula is C18H20N2O2S2. The summed E-state index contributed by atoms with van der Waals surface area (Å²) in [6, 6.07) is 15.6. The number of ether oxygens (including phenoxy) is 1. The molecule has 0 bridgehead atoms. The van der Waals surface area contributed by atoms with Gasteiger partial charge >= 0.3 is 5.97 Å². The van der Waals surface area contributed by atoms with E-state index in [2.05, 4.69) is 22.8 Å². The van der Waals surface area contributed by atoms with Gasteiger partial charge in [0.25, 0.3) is 0 Å². The molecule has 0 unspecified atom stereocenters. The van der Waals surface area contributed by atoms with Gasteiger partial charge in [-0.15, -0.1) is 11.8 Å². The lowest BCUT2D eigenvalue weighted by Gasteiger charge is -2.13. The number of thiocarbonyl (C=S) groups is 1. The Bertz CT molecular complexity index is 705. The van der Waals surface area contributed by atoms with Gasteiger partial charge in [-0.05, 0) is 49.0 Å². The van der Waals surface area contributed by atoms with E-state index in [1.54, 1.807) is 23.9 Å². The minimum atomic E-state index is -0.365. The first-order valence-corrected chi connectivity index (χ1v) is 8.91. The van der Waals surface area contributed by atoms with Crippen LogP contribution in [0.3, 0.4) is 0 Å². The zero-order valence-corrected chi connectivity index (χ0v) is 15.3. The number of anilines is 1. The number of nitrogens with one attached hydrogen (secondary N) is 2. The van der Waals surface area contributed by atoms with Crippen molar-refractivity contribution in [1.82, 2.24) is 5.32 Å². The maximum atomic E-state index is 11.6. The van der Waals surface area contributed by atoms with E-state index in [1.807, 2.05) is 31.2 Å². The molecule has 0 saturated heterocycles. The molecule has 24 heavy (non-hydrogen) atoms. The smallest absolute Gasteiger partial charge is 0.337 e. The first kappa shape index (κ1) is 18.3. The van der Waals surface area contributed by atoms with Gasteiger partial charge in [0.2, 0.25) is 0 Å². The third-order valence-corrected chi connectivity index (χ3v) is 4.57. The molecule has 2 rings (SSSR count). The number of hydrogen-bond donors (Lipinski definition) is 2. The van der Waals surface area contributed by atoms with Gasteiger partial charge in [0.15, 0.2) is 5.11 Å². The van der Waals surface area contributed by atoms with Crippen LogP contribution in [0, 0.1) is 6.92 Å². The Morgan fingerprint density at radius 2 is 1.96 bits per heavy atom. The molecule has 0 aromatic heterocycles. The summed E-state index contributed by atoms with van der Waals surface area (Å²) < 4.78 is 4.74. The zero-order valence-electron chi connectivity index (χ0n) is 13.7. The molecule has 0 heterocycles. The lowest BCUT2D eigenvalue weighted by molar-refractivity contribution is 0.0601. The Balaban J connectivity index is 1.82. The standard InChI is InChI=1S/C18H20N2O2S2/c1-13-8-9-14(17(21)22-2)12-16(13)20-18(23)19-10-11-24-15-6-4-3-5-7-15/h3-9,12H,10-11H2,1-2H3,(H2,19,20,23). The summed E-state index contributed by atoms with van der Waals surface area (Å²) in [6.45, 7) is 2.71. The van der Waals surface area contributed by atoms with E-state index in [0.717, 1.165) is 23.5 Å². The van der Waals surface area contributed by atoms with E-state index < -0.39 is 0 Å². The van der Waals surface area contributed by atoms with Crippen LogP contribution >= 0.6 is 24.0 Å². The van der Waals surface area contributed by atoms with Crippen LogP contribution in [-0.2, 0) is 4.74 Å². The Morgan fingerprint density at radius 1 is 1.21 bits per heavy atom. The summed E-state index contributed by atoms with van der Waals surface area (Å²) in [7, 11) is 1.37. The van der Waals surface area contributed by atoms with Crippen molar-refractivity contribution in [3.63, 3.8) is 0 Å². The fourth-order valence-electron chi connectivity index (χ4n) is 2.02. The summed E-state index contributed by atoms with van der Waals surface area (Å²) in [6.07, 6.45) is 0. The van der Waals surface area contributed by atoms with Gasteiger partial charge in [0, 0.05) is 22.9 Å². The monoisotopic (exact) mass is 360 g/mol. The third-order valence-electron chi connectivity index (χ3n) is 3.31. The number of aryl methyl sites for hydroxylation is 1. The highest BCUT2D eigenvalue weighted by molar-refractivity contribution is 7.99. The molecule has 126 valence electrons. The number of carbonyl (C=O) groups excluding carboxylic acids is 1. The van der Waals surface area contributed by atoms with Gasteiger partial charge in [-0.2, -0.15) is 0 Å². The van der Waals surface area contributed by atoms with Crippen molar-refractivity contribution in [3.8, 4) is 0 Å². The van der Waals surface area contributed by atoms with Crippen LogP contribution in [0.1, 0.15) is 15.9 Å². The van der Waals surface area contributed by atoms with E-state index in [4.69, 9.17) is 17.0 Å². The maximum Gasteiger partial charge on any atom is 0.337 e. The fourth-order valence-corrected chi connectivity index (χ4v) is 3.02. The molecule has 0 aliphatic heterocycles. The average molecular weight is 361 g/mol. The topological polar surface area (TPSA) is 50.4 Å². The molecule has 0 atom stereocenters. The molecule has 2 aromatic carbocycles. The lowest BCUT2D eigenvalue weighted by atomic mass is 10.1. The highest BCUT2D eigenvalue weighted by Crippen LogP contribution is 2.18. The molecule has 0 radical (unpaired) electrons. The first-order chi connectivity index (χ1) is 11.6. The normalized spacial score (nSPS) is 10.1. The molecule has 0 amide bonds. The second-order valence-corrected chi connectivity index (χ2v) is 6.64. The minimum absolute atomic E-state index is 0.365. The van der Waals surface area contributed by atoms with Gasteiger partial charge in [-0.1, -0.05) is 24.3 Å². The lowest BCUT2D eigenvalue weighted by Crippen LogP contribution is -2.30. The minimum Gasteiger partial charge on any atom is -0.465 e. The summed E-state index contributed by atoms with van der Waals surface area (Å²) in [5.74, 6) is 0.545. The number of hydrogen-bond acceptors (Lipinski definition) is 4. The van der Waals surface area contributed by atoms with Crippen molar-refractivity contribution in [3.05, 3.63) is 59.7 Å². The Labute approximate surface area is 152 Å². The van der Waals surface area contributed by atoms with Crippen molar-refractivity contribution in [2.24, 2.45) is 0 Å². The van der Waals surface area contributed by atoms with Crippen molar-refractivity contribution in [1.29, 1.82) is 0 Å². The van der Waals surface area contributed by atoms with E-state index in [-0.39, 0.29) is 5.97 Å². The summed E-state index contributed by atoms with van der Waals surface area (Å²) >= 11 is 7.09. The quantitative estimate of drug-likeness (QED) is 0.353. The van der Waals surface area contributed by atoms with Crippen LogP contribution < -0.4 is 10.6 Å². The largest absolute Gasteiger partial charge is 0.465 e.